The van der Waals surface area contributed by atoms with Crippen molar-refractivity contribution in [3.63, 3.8) is 0 Å². The van der Waals surface area contributed by atoms with Gasteiger partial charge >= 0.3 is 23.9 Å². The van der Waals surface area contributed by atoms with Gasteiger partial charge in [-0.2, -0.15) is 0 Å². The molecule has 0 spiro atoms. The lowest BCUT2D eigenvalue weighted by atomic mass is 10.0. The van der Waals surface area contributed by atoms with Crippen LogP contribution in [0.1, 0.15) is 20.7 Å². The molecule has 0 saturated heterocycles. The average molecular weight is 393 g/mol. The van der Waals surface area contributed by atoms with Gasteiger partial charge in [-0.1, -0.05) is 6.07 Å². The Morgan fingerprint density at radius 2 is 1.46 bits per heavy atom. The third kappa shape index (κ3) is 3.81. The Hall–Kier alpha value is -3.40. The Bertz CT molecular complexity index is 843. The van der Waals surface area contributed by atoms with Crippen LogP contribution in [0.3, 0.4) is 0 Å². The molecule has 0 aliphatic carbocycles. The first-order chi connectivity index (χ1) is 13.4. The highest BCUT2D eigenvalue weighted by Crippen LogP contribution is 2.32. The van der Waals surface area contributed by atoms with E-state index in [-0.39, 0.29) is 41.4 Å². The molecule has 10 heteroatoms. The summed E-state index contributed by atoms with van der Waals surface area (Å²) in [5.74, 6) is -3.26. The van der Waals surface area contributed by atoms with E-state index in [9.17, 15) is 19.2 Å². The smallest absolute Gasteiger partial charge is 0.355 e. The molecule has 150 valence electrons. The summed E-state index contributed by atoms with van der Waals surface area (Å²) in [4.78, 5) is 50.3. The predicted molar refractivity (Wildman–Crippen MR) is 93.5 cm³/mol. The van der Waals surface area contributed by atoms with Crippen LogP contribution in [0, 0.1) is 0 Å². The highest BCUT2D eigenvalue weighted by Gasteiger charge is 2.35. The molecule has 0 aromatic heterocycles. The van der Waals surface area contributed by atoms with Crippen LogP contribution in [0.2, 0.25) is 0 Å². The van der Waals surface area contributed by atoms with Crippen molar-refractivity contribution < 1.29 is 42.9 Å². The number of benzene rings is 1. The number of hydrogen-bond acceptors (Lipinski definition) is 10. The minimum absolute atomic E-state index is 0.0822. The Labute approximate surface area is 160 Å². The lowest BCUT2D eigenvalue weighted by molar-refractivity contribution is -0.140. The molecule has 1 aliphatic heterocycles. The fourth-order valence-corrected chi connectivity index (χ4v) is 2.70. The van der Waals surface area contributed by atoms with E-state index < -0.39 is 23.9 Å². The summed E-state index contributed by atoms with van der Waals surface area (Å²) in [5, 5.41) is 0. The highest BCUT2D eigenvalue weighted by atomic mass is 16.5. The Kier molecular flexibility index (Phi) is 6.72. The zero-order chi connectivity index (χ0) is 20.8. The normalized spacial score (nSPS) is 13.6. The van der Waals surface area contributed by atoms with E-state index in [1.807, 2.05) is 0 Å². The first-order valence-corrected chi connectivity index (χ1v) is 7.95. The number of rotatable bonds is 5. The van der Waals surface area contributed by atoms with Crippen LogP contribution in [0.25, 0.3) is 0 Å². The number of esters is 4. The minimum Gasteiger partial charge on any atom is -0.466 e. The van der Waals surface area contributed by atoms with Gasteiger partial charge in [0.05, 0.1) is 57.4 Å². The van der Waals surface area contributed by atoms with Crippen molar-refractivity contribution in [2.75, 3.05) is 46.7 Å². The molecule has 0 fully saturated rings. The molecule has 0 unspecified atom stereocenters. The van der Waals surface area contributed by atoms with Gasteiger partial charge in [0, 0.05) is 0 Å². The summed E-state index contributed by atoms with van der Waals surface area (Å²) in [6.07, 6.45) is 0. The van der Waals surface area contributed by atoms with Crippen molar-refractivity contribution >= 4 is 29.6 Å². The third-order valence-electron chi connectivity index (χ3n) is 3.96. The fourth-order valence-electron chi connectivity index (χ4n) is 2.70. The van der Waals surface area contributed by atoms with Crippen LogP contribution in [-0.4, -0.2) is 65.7 Å². The molecule has 0 bridgehead atoms. The maximum absolute atomic E-state index is 12.4. The Morgan fingerprint density at radius 1 is 0.857 bits per heavy atom. The maximum Gasteiger partial charge on any atom is 0.355 e. The third-order valence-corrected chi connectivity index (χ3v) is 3.96. The van der Waals surface area contributed by atoms with Gasteiger partial charge < -0.3 is 28.6 Å². The minimum atomic E-state index is -0.844. The van der Waals surface area contributed by atoms with E-state index in [1.54, 1.807) is 0 Å². The summed E-state index contributed by atoms with van der Waals surface area (Å²) >= 11 is 0. The molecule has 0 N–H and O–H groups in total. The van der Waals surface area contributed by atoms with E-state index in [0.717, 1.165) is 28.4 Å². The molecule has 0 atom stereocenters. The molecule has 1 aromatic rings. The number of carbonyl (C=O) groups excluding carboxylic acids is 4. The second kappa shape index (κ2) is 9.00. The Morgan fingerprint density at radius 3 is 2.04 bits per heavy atom. The molecule has 0 radical (unpaired) electrons. The summed E-state index contributed by atoms with van der Waals surface area (Å²) in [7, 11) is 4.60. The number of ether oxygens (including phenoxy) is 5. The van der Waals surface area contributed by atoms with Gasteiger partial charge in [0.2, 0.25) is 0 Å². The van der Waals surface area contributed by atoms with Crippen molar-refractivity contribution in [3.05, 3.63) is 40.6 Å². The van der Waals surface area contributed by atoms with Gasteiger partial charge in [-0.3, -0.25) is 0 Å². The molecular weight excluding hydrogens is 374 g/mol. The number of methoxy groups -OCH3 is 4. The van der Waals surface area contributed by atoms with Crippen molar-refractivity contribution in [1.29, 1.82) is 0 Å². The molecule has 0 amide bonds. The summed E-state index contributed by atoms with van der Waals surface area (Å²) < 4.78 is 24.4. The van der Waals surface area contributed by atoms with Crippen molar-refractivity contribution in [3.8, 4) is 0 Å². The highest BCUT2D eigenvalue weighted by molar-refractivity contribution is 6.09. The van der Waals surface area contributed by atoms with Gasteiger partial charge in [0.15, 0.2) is 0 Å². The number of nitrogens with zero attached hydrogens (tertiary/aromatic N) is 1. The largest absolute Gasteiger partial charge is 0.466 e. The van der Waals surface area contributed by atoms with Gasteiger partial charge in [-0.15, -0.1) is 0 Å². The molecular formula is C18H19NO9. The number of carbonyl (C=O) groups is 4. The average Bonchev–Trinajstić information content (AvgIpc) is 2.75. The van der Waals surface area contributed by atoms with Crippen LogP contribution in [0.15, 0.2) is 29.5 Å². The lowest BCUT2D eigenvalue weighted by Gasteiger charge is -2.32. The second-order valence-electron chi connectivity index (χ2n) is 5.40. The van der Waals surface area contributed by atoms with Crippen molar-refractivity contribution in [2.45, 2.75) is 0 Å². The summed E-state index contributed by atoms with van der Waals surface area (Å²) in [6.45, 7) is -0.391. The van der Waals surface area contributed by atoms with E-state index in [4.69, 9.17) is 23.7 Å². The first kappa shape index (κ1) is 20.9. The van der Waals surface area contributed by atoms with E-state index >= 15 is 0 Å². The van der Waals surface area contributed by atoms with Crippen molar-refractivity contribution in [1.82, 2.24) is 0 Å². The zero-order valence-electron chi connectivity index (χ0n) is 15.8. The lowest BCUT2D eigenvalue weighted by Crippen LogP contribution is -2.39. The molecule has 1 heterocycles. The van der Waals surface area contributed by atoms with Crippen LogP contribution >= 0.6 is 0 Å². The quantitative estimate of drug-likeness (QED) is 0.521. The Balaban J connectivity index is 2.77. The zero-order valence-corrected chi connectivity index (χ0v) is 15.8. The van der Waals surface area contributed by atoms with Crippen LogP contribution < -0.4 is 4.90 Å². The molecule has 28 heavy (non-hydrogen) atoms. The number of anilines is 1. The summed E-state index contributed by atoms with van der Waals surface area (Å²) in [5.41, 5.74) is -0.418. The van der Waals surface area contributed by atoms with Gasteiger partial charge in [-0.25, -0.2) is 19.2 Å². The fraction of sp³-hybridized carbons (Fsp3) is 0.333. The predicted octanol–water partition coefficient (Wildman–Crippen LogP) is 0.654. The van der Waals surface area contributed by atoms with Gasteiger partial charge in [0.25, 0.3) is 0 Å². The molecule has 10 nitrogen and oxygen atoms in total. The van der Waals surface area contributed by atoms with Crippen LogP contribution in [0.5, 0.6) is 0 Å². The van der Waals surface area contributed by atoms with E-state index in [1.165, 1.54) is 23.1 Å². The monoisotopic (exact) mass is 393 g/mol. The molecule has 1 aliphatic rings. The molecule has 0 saturated carbocycles. The standard InChI is InChI=1S/C18H19NO9/c1-24-15(20)10-6-5-7-12(13(10)17(22)26-3)19-9-28-8-11(16(21)25-2)14(19)18(23)27-4/h5-7H,8-9H2,1-4H3. The SMILES string of the molecule is COC(=O)C1=C(C(=O)OC)N(c2cccc(C(=O)OC)c2C(=O)OC)COC1. The maximum atomic E-state index is 12.4. The molecule has 1 aromatic carbocycles. The van der Waals surface area contributed by atoms with E-state index in [2.05, 4.69) is 0 Å². The second-order valence-corrected chi connectivity index (χ2v) is 5.40. The van der Waals surface area contributed by atoms with Crippen molar-refractivity contribution in [2.24, 2.45) is 0 Å². The van der Waals surface area contributed by atoms with E-state index in [0.29, 0.717) is 0 Å². The topological polar surface area (TPSA) is 118 Å². The number of hydrogen-bond donors (Lipinski definition) is 0. The molecule has 2 rings (SSSR count). The van der Waals surface area contributed by atoms with Gasteiger partial charge in [0.1, 0.15) is 12.4 Å². The van der Waals surface area contributed by atoms with Gasteiger partial charge in [-0.05, 0) is 12.1 Å². The first-order valence-electron chi connectivity index (χ1n) is 7.95. The van der Waals surface area contributed by atoms with Crippen LogP contribution in [0.4, 0.5) is 5.69 Å². The van der Waals surface area contributed by atoms with Crippen LogP contribution in [-0.2, 0) is 33.3 Å². The summed E-state index contributed by atoms with van der Waals surface area (Å²) in [6, 6.07) is 4.32.